The zero-order valence-electron chi connectivity index (χ0n) is 9.80. The first kappa shape index (κ1) is 13.2. The molecule has 1 aromatic rings. The zero-order valence-corrected chi connectivity index (χ0v) is 9.80. The molecule has 0 spiro atoms. The van der Waals surface area contributed by atoms with E-state index in [1.807, 2.05) is 18.2 Å². The third kappa shape index (κ3) is 3.88. The molecule has 0 aromatic heterocycles. The van der Waals surface area contributed by atoms with Gasteiger partial charge in [0.1, 0.15) is 6.04 Å². The van der Waals surface area contributed by atoms with E-state index in [2.05, 4.69) is 14.8 Å². The number of carbonyl (C=O) groups excluding carboxylic acids is 2. The standard InChI is InChI=1S/C12H15NO4/c1-16-10(14)8-13-11(12(15)17-2)9-6-4-3-5-7-9/h3-7,11,13H,8H2,1-2H3. The van der Waals surface area contributed by atoms with Crippen molar-refractivity contribution in [2.24, 2.45) is 0 Å². The van der Waals surface area contributed by atoms with Crippen molar-refractivity contribution in [2.75, 3.05) is 20.8 Å². The molecule has 1 rings (SSSR count). The number of carbonyl (C=O) groups is 2. The fourth-order valence-electron chi connectivity index (χ4n) is 1.36. The maximum absolute atomic E-state index is 11.6. The van der Waals surface area contributed by atoms with E-state index in [9.17, 15) is 9.59 Å². The van der Waals surface area contributed by atoms with E-state index in [0.717, 1.165) is 5.56 Å². The topological polar surface area (TPSA) is 64.6 Å². The fraction of sp³-hybridized carbons (Fsp3) is 0.333. The van der Waals surface area contributed by atoms with E-state index in [-0.39, 0.29) is 6.54 Å². The molecule has 0 saturated heterocycles. The van der Waals surface area contributed by atoms with Gasteiger partial charge < -0.3 is 9.47 Å². The molecule has 5 heteroatoms. The molecule has 0 fully saturated rings. The van der Waals surface area contributed by atoms with Gasteiger partial charge in [-0.2, -0.15) is 0 Å². The molecule has 1 unspecified atom stereocenters. The summed E-state index contributed by atoms with van der Waals surface area (Å²) in [6.07, 6.45) is 0. The van der Waals surface area contributed by atoms with Crippen molar-refractivity contribution < 1.29 is 19.1 Å². The molecule has 0 aliphatic carbocycles. The summed E-state index contributed by atoms with van der Waals surface area (Å²) in [5.74, 6) is -0.880. The maximum atomic E-state index is 11.6. The van der Waals surface area contributed by atoms with Crippen LogP contribution in [0.25, 0.3) is 0 Å². The lowest BCUT2D eigenvalue weighted by molar-refractivity contribution is -0.144. The summed E-state index contributed by atoms with van der Waals surface area (Å²) in [5, 5.41) is 2.79. The second-order valence-corrected chi connectivity index (χ2v) is 3.32. The quantitative estimate of drug-likeness (QED) is 0.762. The van der Waals surface area contributed by atoms with Crippen molar-refractivity contribution in [1.82, 2.24) is 5.32 Å². The first-order valence-corrected chi connectivity index (χ1v) is 5.12. The Morgan fingerprint density at radius 1 is 1.18 bits per heavy atom. The van der Waals surface area contributed by atoms with Gasteiger partial charge >= 0.3 is 11.9 Å². The Bertz CT molecular complexity index is 377. The van der Waals surface area contributed by atoms with Gasteiger partial charge in [-0.25, -0.2) is 4.79 Å². The van der Waals surface area contributed by atoms with Crippen LogP contribution < -0.4 is 5.32 Å². The van der Waals surface area contributed by atoms with Crippen molar-refractivity contribution in [3.8, 4) is 0 Å². The van der Waals surface area contributed by atoms with Crippen LogP contribution in [0.5, 0.6) is 0 Å². The van der Waals surface area contributed by atoms with Gasteiger partial charge in [0, 0.05) is 0 Å². The highest BCUT2D eigenvalue weighted by molar-refractivity contribution is 5.79. The molecule has 1 aromatic carbocycles. The summed E-state index contributed by atoms with van der Waals surface area (Å²) in [6.45, 7) is -0.0504. The Morgan fingerprint density at radius 2 is 1.82 bits per heavy atom. The average molecular weight is 237 g/mol. The summed E-state index contributed by atoms with van der Waals surface area (Å²) < 4.78 is 9.18. The summed E-state index contributed by atoms with van der Waals surface area (Å²) in [6, 6.07) is 8.37. The smallest absolute Gasteiger partial charge is 0.327 e. The molecule has 0 aliphatic heterocycles. The summed E-state index contributed by atoms with van der Waals surface area (Å²) in [7, 11) is 2.60. The number of esters is 2. The van der Waals surface area contributed by atoms with Crippen molar-refractivity contribution in [1.29, 1.82) is 0 Å². The predicted molar refractivity (Wildman–Crippen MR) is 61.2 cm³/mol. The largest absolute Gasteiger partial charge is 0.468 e. The van der Waals surface area contributed by atoms with E-state index in [0.29, 0.717) is 0 Å². The van der Waals surface area contributed by atoms with Crippen molar-refractivity contribution in [3.05, 3.63) is 35.9 Å². The third-order valence-corrected chi connectivity index (χ3v) is 2.25. The number of hydrogen-bond acceptors (Lipinski definition) is 5. The average Bonchev–Trinajstić information content (AvgIpc) is 2.39. The SMILES string of the molecule is COC(=O)CNC(C(=O)OC)c1ccccc1. The van der Waals surface area contributed by atoms with Gasteiger partial charge in [0.25, 0.3) is 0 Å². The van der Waals surface area contributed by atoms with Gasteiger partial charge in [-0.15, -0.1) is 0 Å². The monoisotopic (exact) mass is 237 g/mol. The van der Waals surface area contributed by atoms with Crippen LogP contribution >= 0.6 is 0 Å². The Hall–Kier alpha value is -1.88. The van der Waals surface area contributed by atoms with Crippen LogP contribution in [-0.2, 0) is 19.1 Å². The third-order valence-electron chi connectivity index (χ3n) is 2.25. The molecule has 1 N–H and O–H groups in total. The van der Waals surface area contributed by atoms with Crippen LogP contribution in [0, 0.1) is 0 Å². The lowest BCUT2D eigenvalue weighted by Crippen LogP contribution is -2.34. The first-order chi connectivity index (χ1) is 8.19. The second-order valence-electron chi connectivity index (χ2n) is 3.32. The van der Waals surface area contributed by atoms with Gasteiger partial charge in [0.15, 0.2) is 0 Å². The number of rotatable bonds is 5. The minimum atomic E-state index is -0.666. The zero-order chi connectivity index (χ0) is 12.7. The van der Waals surface area contributed by atoms with E-state index in [1.54, 1.807) is 12.1 Å². The Balaban J connectivity index is 2.75. The minimum absolute atomic E-state index is 0.0504. The summed E-state index contributed by atoms with van der Waals surface area (Å²) in [5.41, 5.74) is 0.739. The van der Waals surface area contributed by atoms with Crippen molar-refractivity contribution in [2.45, 2.75) is 6.04 Å². The Kier molecular flexibility index (Phi) is 5.16. The minimum Gasteiger partial charge on any atom is -0.468 e. The van der Waals surface area contributed by atoms with Crippen LogP contribution in [0.2, 0.25) is 0 Å². The lowest BCUT2D eigenvalue weighted by Gasteiger charge is -2.15. The van der Waals surface area contributed by atoms with Gasteiger partial charge in [-0.3, -0.25) is 10.1 Å². The van der Waals surface area contributed by atoms with Crippen LogP contribution in [0.1, 0.15) is 11.6 Å². The number of hydrogen-bond donors (Lipinski definition) is 1. The van der Waals surface area contributed by atoms with Crippen LogP contribution in [0.3, 0.4) is 0 Å². The normalized spacial score (nSPS) is 11.6. The molecule has 17 heavy (non-hydrogen) atoms. The highest BCUT2D eigenvalue weighted by Gasteiger charge is 2.21. The molecule has 0 saturated carbocycles. The molecule has 0 aliphatic rings. The maximum Gasteiger partial charge on any atom is 0.327 e. The van der Waals surface area contributed by atoms with E-state index >= 15 is 0 Å². The number of methoxy groups -OCH3 is 2. The molecule has 0 heterocycles. The fourth-order valence-corrected chi connectivity index (χ4v) is 1.36. The number of ether oxygens (including phenoxy) is 2. The molecule has 0 radical (unpaired) electrons. The summed E-state index contributed by atoms with van der Waals surface area (Å²) >= 11 is 0. The lowest BCUT2D eigenvalue weighted by atomic mass is 10.1. The van der Waals surface area contributed by atoms with Gasteiger partial charge in [0.2, 0.25) is 0 Å². The predicted octanol–water partition coefficient (Wildman–Crippen LogP) is 0.663. The molecule has 92 valence electrons. The second kappa shape index (κ2) is 6.65. The number of nitrogens with one attached hydrogen (secondary N) is 1. The highest BCUT2D eigenvalue weighted by atomic mass is 16.5. The van der Waals surface area contributed by atoms with Crippen LogP contribution in [0.15, 0.2) is 30.3 Å². The molecule has 0 bridgehead atoms. The number of benzene rings is 1. The molecular formula is C12H15NO4. The van der Waals surface area contributed by atoms with Gasteiger partial charge in [-0.1, -0.05) is 30.3 Å². The van der Waals surface area contributed by atoms with Crippen LogP contribution in [-0.4, -0.2) is 32.7 Å². The van der Waals surface area contributed by atoms with Gasteiger partial charge in [-0.05, 0) is 5.56 Å². The molecule has 0 amide bonds. The van der Waals surface area contributed by atoms with E-state index in [1.165, 1.54) is 14.2 Å². The van der Waals surface area contributed by atoms with E-state index < -0.39 is 18.0 Å². The Labute approximate surface area is 99.7 Å². The van der Waals surface area contributed by atoms with E-state index in [4.69, 9.17) is 0 Å². The molecule has 1 atom stereocenters. The Morgan fingerprint density at radius 3 is 2.35 bits per heavy atom. The van der Waals surface area contributed by atoms with Crippen molar-refractivity contribution in [3.63, 3.8) is 0 Å². The molecule has 5 nitrogen and oxygen atoms in total. The molecular weight excluding hydrogens is 222 g/mol. The van der Waals surface area contributed by atoms with Crippen molar-refractivity contribution >= 4 is 11.9 Å². The summed E-state index contributed by atoms with van der Waals surface area (Å²) in [4.78, 5) is 22.6. The highest BCUT2D eigenvalue weighted by Crippen LogP contribution is 2.13. The van der Waals surface area contributed by atoms with Crippen LogP contribution in [0.4, 0.5) is 0 Å². The first-order valence-electron chi connectivity index (χ1n) is 5.12. The van der Waals surface area contributed by atoms with Gasteiger partial charge in [0.05, 0.1) is 20.8 Å².